The number of alkyl halides is 3. The Balaban J connectivity index is 1.76. The van der Waals surface area contributed by atoms with E-state index in [9.17, 15) is 23.3 Å². The van der Waals surface area contributed by atoms with Crippen LogP contribution >= 0.6 is 11.6 Å². The molecular weight excluding hydrogens is 427 g/mol. The number of nitrogens with one attached hydrogen (secondary N) is 2. The highest BCUT2D eigenvalue weighted by molar-refractivity contribution is 6.33. The third kappa shape index (κ3) is 5.45. The number of hydrogen-bond donors (Lipinski definition) is 2. The molecule has 1 saturated heterocycles. The summed E-state index contributed by atoms with van der Waals surface area (Å²) in [7, 11) is 0. The van der Waals surface area contributed by atoms with Gasteiger partial charge in [0.2, 0.25) is 11.6 Å². The number of aromatic nitrogens is 3. The first-order valence-corrected chi connectivity index (χ1v) is 9.59. The fourth-order valence-corrected chi connectivity index (χ4v) is 3.30. The summed E-state index contributed by atoms with van der Waals surface area (Å²) in [5.41, 5.74) is -1.48. The van der Waals surface area contributed by atoms with E-state index in [1.807, 2.05) is 0 Å². The molecule has 0 unspecified atom stereocenters. The summed E-state index contributed by atoms with van der Waals surface area (Å²) in [6.45, 7) is 3.11. The number of rotatable bonds is 7. The second kappa shape index (κ2) is 9.39. The van der Waals surface area contributed by atoms with E-state index >= 15 is 0 Å². The molecule has 1 fully saturated rings. The number of nitrogens with zero attached hydrogens (tertiary/aromatic N) is 5. The second-order valence-corrected chi connectivity index (χ2v) is 7.09. The Bertz CT molecular complexity index is 907. The monoisotopic (exact) mass is 445 g/mol. The van der Waals surface area contributed by atoms with Gasteiger partial charge < -0.3 is 15.5 Å². The Morgan fingerprint density at radius 1 is 1.13 bits per heavy atom. The standard InChI is InChI=1S/C17H19ClF3N7O2/c18-12-8-11(17(19,20)21)9-23-14(12)26-16-13(28(29)30)15(24-10-25-16)22-4-7-27-5-2-1-3-6-27/h8-10H,1-7H2,(H2,22,23,24,25,26). The zero-order valence-corrected chi connectivity index (χ0v) is 16.5. The molecule has 30 heavy (non-hydrogen) atoms. The van der Waals surface area contributed by atoms with Gasteiger partial charge in [-0.2, -0.15) is 13.2 Å². The third-order valence-electron chi connectivity index (χ3n) is 4.58. The van der Waals surface area contributed by atoms with Crippen LogP contribution in [0.25, 0.3) is 0 Å². The number of piperidine rings is 1. The number of halogens is 4. The molecule has 0 radical (unpaired) electrons. The van der Waals surface area contributed by atoms with Crippen molar-refractivity contribution in [2.24, 2.45) is 0 Å². The molecule has 0 atom stereocenters. The van der Waals surface area contributed by atoms with Gasteiger partial charge in [0, 0.05) is 19.3 Å². The van der Waals surface area contributed by atoms with Crippen LogP contribution in [0.2, 0.25) is 5.02 Å². The highest BCUT2D eigenvalue weighted by Gasteiger charge is 2.32. The number of nitro groups is 1. The molecule has 3 heterocycles. The molecule has 2 aromatic rings. The molecule has 0 spiro atoms. The van der Waals surface area contributed by atoms with Crippen LogP contribution in [0, 0.1) is 10.1 Å². The van der Waals surface area contributed by atoms with E-state index in [4.69, 9.17) is 11.6 Å². The van der Waals surface area contributed by atoms with E-state index < -0.39 is 22.4 Å². The SMILES string of the molecule is O=[N+]([O-])c1c(NCCN2CCCCC2)ncnc1Nc1ncc(C(F)(F)F)cc1Cl. The lowest BCUT2D eigenvalue weighted by molar-refractivity contribution is -0.383. The second-order valence-electron chi connectivity index (χ2n) is 6.68. The summed E-state index contributed by atoms with van der Waals surface area (Å²) >= 11 is 5.87. The van der Waals surface area contributed by atoms with Crippen LogP contribution in [0.5, 0.6) is 0 Å². The minimum atomic E-state index is -4.61. The van der Waals surface area contributed by atoms with Crippen molar-refractivity contribution >= 4 is 34.7 Å². The van der Waals surface area contributed by atoms with Crippen molar-refractivity contribution in [2.75, 3.05) is 36.8 Å². The van der Waals surface area contributed by atoms with Crippen molar-refractivity contribution in [3.63, 3.8) is 0 Å². The number of pyridine rings is 1. The number of anilines is 3. The first-order chi connectivity index (χ1) is 14.3. The van der Waals surface area contributed by atoms with Gasteiger partial charge in [-0.15, -0.1) is 0 Å². The Kier molecular flexibility index (Phi) is 6.87. The van der Waals surface area contributed by atoms with E-state index in [-0.39, 0.29) is 22.5 Å². The topological polar surface area (TPSA) is 109 Å². The van der Waals surface area contributed by atoms with E-state index in [1.165, 1.54) is 6.42 Å². The summed E-state index contributed by atoms with van der Waals surface area (Å²) < 4.78 is 38.3. The molecule has 1 aliphatic rings. The lowest BCUT2D eigenvalue weighted by atomic mass is 10.1. The van der Waals surface area contributed by atoms with E-state index in [2.05, 4.69) is 30.5 Å². The Labute approximate surface area is 174 Å². The van der Waals surface area contributed by atoms with Crippen LogP contribution in [0.1, 0.15) is 24.8 Å². The Hall–Kier alpha value is -2.73. The predicted molar refractivity (Wildman–Crippen MR) is 105 cm³/mol. The van der Waals surface area contributed by atoms with E-state index in [0.29, 0.717) is 25.4 Å². The van der Waals surface area contributed by atoms with Gasteiger partial charge in [-0.05, 0) is 32.0 Å². The first-order valence-electron chi connectivity index (χ1n) is 9.21. The summed E-state index contributed by atoms with van der Waals surface area (Å²) in [6, 6.07) is 0.682. The maximum atomic E-state index is 12.8. The molecule has 0 aromatic carbocycles. The summed E-state index contributed by atoms with van der Waals surface area (Å²) in [6.07, 6.45) is 0.541. The van der Waals surface area contributed by atoms with Crippen molar-refractivity contribution in [1.82, 2.24) is 19.9 Å². The van der Waals surface area contributed by atoms with Crippen molar-refractivity contribution in [1.29, 1.82) is 0 Å². The average Bonchev–Trinajstić information content (AvgIpc) is 2.69. The fourth-order valence-electron chi connectivity index (χ4n) is 3.09. The quantitative estimate of drug-likeness (QED) is 0.484. The van der Waals surface area contributed by atoms with Crippen LogP contribution in [0.3, 0.4) is 0 Å². The van der Waals surface area contributed by atoms with Crippen LogP contribution in [0.15, 0.2) is 18.6 Å². The van der Waals surface area contributed by atoms with Gasteiger partial charge in [-0.25, -0.2) is 15.0 Å². The lowest BCUT2D eigenvalue weighted by Gasteiger charge is -2.26. The minimum Gasteiger partial charge on any atom is -0.363 e. The number of hydrogen-bond acceptors (Lipinski definition) is 8. The third-order valence-corrected chi connectivity index (χ3v) is 4.87. The largest absolute Gasteiger partial charge is 0.417 e. The summed E-state index contributed by atoms with van der Waals surface area (Å²) in [4.78, 5) is 24.6. The van der Waals surface area contributed by atoms with Gasteiger partial charge in [0.15, 0.2) is 5.82 Å². The van der Waals surface area contributed by atoms with Gasteiger partial charge in [-0.1, -0.05) is 18.0 Å². The predicted octanol–water partition coefficient (Wildman–Crippen LogP) is 4.09. The molecule has 13 heteroatoms. The van der Waals surface area contributed by atoms with Gasteiger partial charge in [0.05, 0.1) is 15.5 Å². The molecule has 0 saturated carbocycles. The summed E-state index contributed by atoms with van der Waals surface area (Å²) in [5, 5.41) is 16.7. The smallest absolute Gasteiger partial charge is 0.363 e. The maximum Gasteiger partial charge on any atom is 0.417 e. The van der Waals surface area contributed by atoms with E-state index in [1.54, 1.807) is 0 Å². The average molecular weight is 446 g/mol. The molecule has 0 amide bonds. The van der Waals surface area contributed by atoms with Gasteiger partial charge in [-0.3, -0.25) is 10.1 Å². The molecule has 9 nitrogen and oxygen atoms in total. The van der Waals surface area contributed by atoms with Gasteiger partial charge in [0.1, 0.15) is 6.33 Å². The molecule has 2 aromatic heterocycles. The zero-order chi connectivity index (χ0) is 21.7. The normalized spacial score (nSPS) is 15.1. The van der Waals surface area contributed by atoms with Crippen LogP contribution in [-0.2, 0) is 6.18 Å². The van der Waals surface area contributed by atoms with Crippen LogP contribution in [0.4, 0.5) is 36.3 Å². The van der Waals surface area contributed by atoms with Crippen molar-refractivity contribution in [3.8, 4) is 0 Å². The maximum absolute atomic E-state index is 12.8. The van der Waals surface area contributed by atoms with Gasteiger partial charge >= 0.3 is 11.9 Å². The van der Waals surface area contributed by atoms with Crippen LogP contribution in [-0.4, -0.2) is 51.0 Å². The Morgan fingerprint density at radius 2 is 1.83 bits per heavy atom. The highest BCUT2D eigenvalue weighted by Crippen LogP contribution is 2.35. The fraction of sp³-hybridized carbons (Fsp3) is 0.471. The van der Waals surface area contributed by atoms with Crippen molar-refractivity contribution < 1.29 is 18.1 Å². The molecular formula is C17H19ClF3N7O2. The minimum absolute atomic E-state index is 0.00227. The number of likely N-dealkylation sites (tertiary alicyclic amines) is 1. The van der Waals surface area contributed by atoms with Crippen LogP contribution < -0.4 is 10.6 Å². The molecule has 162 valence electrons. The molecule has 1 aliphatic heterocycles. The Morgan fingerprint density at radius 3 is 2.47 bits per heavy atom. The molecule has 0 aliphatic carbocycles. The van der Waals surface area contributed by atoms with E-state index in [0.717, 1.165) is 32.3 Å². The summed E-state index contributed by atoms with van der Waals surface area (Å²) in [5.74, 6) is -0.423. The van der Waals surface area contributed by atoms with Crippen molar-refractivity contribution in [3.05, 3.63) is 39.3 Å². The van der Waals surface area contributed by atoms with Crippen molar-refractivity contribution in [2.45, 2.75) is 25.4 Å². The zero-order valence-electron chi connectivity index (χ0n) is 15.7. The van der Waals surface area contributed by atoms with Gasteiger partial charge in [0.25, 0.3) is 0 Å². The highest BCUT2D eigenvalue weighted by atomic mass is 35.5. The molecule has 3 rings (SSSR count). The lowest BCUT2D eigenvalue weighted by Crippen LogP contribution is -2.33. The first kappa shape index (κ1) is 22.0. The molecule has 0 bridgehead atoms. The molecule has 2 N–H and O–H groups in total.